The van der Waals surface area contributed by atoms with E-state index in [0.29, 0.717) is 23.1 Å². The molecule has 0 aliphatic carbocycles. The second kappa shape index (κ2) is 10.5. The number of carbonyl (C=O) groups excluding carboxylic acids is 2. The minimum absolute atomic E-state index is 0.0313. The van der Waals surface area contributed by atoms with Crippen LogP contribution in [0.15, 0.2) is 64.5 Å². The molecule has 0 aliphatic heterocycles. The number of aromatic nitrogens is 3. The topological polar surface area (TPSA) is 123 Å². The van der Waals surface area contributed by atoms with Crippen molar-refractivity contribution in [1.82, 2.24) is 14.8 Å². The van der Waals surface area contributed by atoms with Crippen LogP contribution in [0.3, 0.4) is 0 Å². The van der Waals surface area contributed by atoms with Crippen LogP contribution in [0.2, 0.25) is 0 Å². The lowest BCUT2D eigenvalue weighted by Gasteiger charge is -2.22. The highest BCUT2D eigenvalue weighted by Gasteiger charge is 2.19. The Hall–Kier alpha value is -3.53. The summed E-state index contributed by atoms with van der Waals surface area (Å²) < 4.78 is 6.63. The fraction of sp³-hybridized carbons (Fsp3) is 0.238. The van der Waals surface area contributed by atoms with Gasteiger partial charge in [0, 0.05) is 18.7 Å². The first-order valence-electron chi connectivity index (χ1n) is 9.52. The molecule has 1 aromatic heterocycles. The van der Waals surface area contributed by atoms with Crippen LogP contribution >= 0.6 is 11.8 Å². The molecule has 162 valence electrons. The standard InChI is InChI=1S/C21H23N5O4S/c1-30-17-9-7-16(8-10-17)25(12-11-18(22)27)19(28)14-31-21-24-23-20(29)26(21)13-15-5-3-2-4-6-15/h2-10H,11-14H2,1H3,(H2,22,27)(H,23,29). The van der Waals surface area contributed by atoms with Gasteiger partial charge in [-0.2, -0.15) is 0 Å². The van der Waals surface area contributed by atoms with Gasteiger partial charge in [-0.05, 0) is 29.8 Å². The van der Waals surface area contributed by atoms with Gasteiger partial charge in [-0.1, -0.05) is 42.1 Å². The Morgan fingerprint density at radius 1 is 1.16 bits per heavy atom. The summed E-state index contributed by atoms with van der Waals surface area (Å²) in [6.07, 6.45) is 0.0313. The quantitative estimate of drug-likeness (QED) is 0.461. The molecule has 0 spiro atoms. The van der Waals surface area contributed by atoms with Crippen molar-refractivity contribution < 1.29 is 14.3 Å². The number of thioether (sulfide) groups is 1. The number of nitrogens with zero attached hydrogens (tertiary/aromatic N) is 3. The Labute approximate surface area is 183 Å². The van der Waals surface area contributed by atoms with Crippen molar-refractivity contribution in [3.05, 3.63) is 70.6 Å². The zero-order valence-corrected chi connectivity index (χ0v) is 17.8. The Morgan fingerprint density at radius 2 is 1.87 bits per heavy atom. The van der Waals surface area contributed by atoms with Gasteiger partial charge in [0.2, 0.25) is 11.8 Å². The number of carbonyl (C=O) groups is 2. The number of benzene rings is 2. The third-order valence-electron chi connectivity index (χ3n) is 4.50. The lowest BCUT2D eigenvalue weighted by Crippen LogP contribution is -2.35. The summed E-state index contributed by atoms with van der Waals surface area (Å²) in [6.45, 7) is 0.495. The molecule has 31 heavy (non-hydrogen) atoms. The maximum absolute atomic E-state index is 13.0. The van der Waals surface area contributed by atoms with Gasteiger partial charge in [-0.25, -0.2) is 9.89 Å². The minimum Gasteiger partial charge on any atom is -0.497 e. The summed E-state index contributed by atoms with van der Waals surface area (Å²) in [6, 6.07) is 16.4. The molecule has 3 N–H and O–H groups in total. The molecule has 0 bridgehead atoms. The van der Waals surface area contributed by atoms with Crippen molar-refractivity contribution in [1.29, 1.82) is 0 Å². The highest BCUT2D eigenvalue weighted by molar-refractivity contribution is 7.99. The highest BCUT2D eigenvalue weighted by Crippen LogP contribution is 2.22. The second-order valence-corrected chi connectivity index (χ2v) is 7.57. The number of aromatic amines is 1. The number of methoxy groups -OCH3 is 1. The normalized spacial score (nSPS) is 10.6. The number of hydrogen-bond donors (Lipinski definition) is 2. The molecule has 2 amide bonds. The maximum Gasteiger partial charge on any atom is 0.344 e. The van der Waals surface area contributed by atoms with E-state index >= 15 is 0 Å². The number of H-pyrrole nitrogens is 1. The molecule has 0 aliphatic rings. The van der Waals surface area contributed by atoms with Crippen LogP contribution in [-0.4, -0.2) is 46.0 Å². The summed E-state index contributed by atoms with van der Waals surface area (Å²) in [7, 11) is 1.56. The number of amides is 2. The van der Waals surface area contributed by atoms with Crippen LogP contribution in [-0.2, 0) is 16.1 Å². The summed E-state index contributed by atoms with van der Waals surface area (Å²) in [5.41, 5.74) is 6.49. The zero-order valence-electron chi connectivity index (χ0n) is 17.0. The Balaban J connectivity index is 1.73. The lowest BCUT2D eigenvalue weighted by molar-refractivity contribution is -0.118. The van der Waals surface area contributed by atoms with Gasteiger partial charge < -0.3 is 15.4 Å². The van der Waals surface area contributed by atoms with Crippen LogP contribution in [0.25, 0.3) is 0 Å². The molecule has 0 saturated heterocycles. The van der Waals surface area contributed by atoms with Crippen molar-refractivity contribution in [3.63, 3.8) is 0 Å². The lowest BCUT2D eigenvalue weighted by atomic mass is 10.2. The van der Waals surface area contributed by atoms with E-state index in [-0.39, 0.29) is 30.3 Å². The average Bonchev–Trinajstić information content (AvgIpc) is 3.12. The average molecular weight is 442 g/mol. The van der Waals surface area contributed by atoms with E-state index in [4.69, 9.17) is 10.5 Å². The van der Waals surface area contributed by atoms with Crippen molar-refractivity contribution in [3.8, 4) is 5.75 Å². The van der Waals surface area contributed by atoms with Crippen LogP contribution in [0, 0.1) is 0 Å². The largest absolute Gasteiger partial charge is 0.497 e. The third kappa shape index (κ3) is 5.98. The molecule has 0 saturated carbocycles. The summed E-state index contributed by atoms with van der Waals surface area (Å²) in [4.78, 5) is 37.9. The smallest absolute Gasteiger partial charge is 0.344 e. The van der Waals surface area contributed by atoms with Gasteiger partial charge in [0.05, 0.1) is 19.4 Å². The summed E-state index contributed by atoms with van der Waals surface area (Å²) in [5.74, 6) is -0.0490. The zero-order chi connectivity index (χ0) is 22.2. The van der Waals surface area contributed by atoms with Crippen molar-refractivity contribution >= 4 is 29.3 Å². The van der Waals surface area contributed by atoms with Gasteiger partial charge in [-0.3, -0.25) is 14.2 Å². The molecule has 2 aromatic carbocycles. The van der Waals surface area contributed by atoms with Crippen LogP contribution in [0.5, 0.6) is 5.75 Å². The number of ether oxygens (including phenoxy) is 1. The van der Waals surface area contributed by atoms with Gasteiger partial charge >= 0.3 is 5.69 Å². The minimum atomic E-state index is -0.497. The molecular weight excluding hydrogens is 418 g/mol. The number of nitrogens with two attached hydrogens (primary N) is 1. The number of nitrogens with one attached hydrogen (secondary N) is 1. The van der Waals surface area contributed by atoms with Gasteiger partial charge in [-0.15, -0.1) is 5.10 Å². The molecule has 0 unspecified atom stereocenters. The van der Waals surface area contributed by atoms with Crippen LogP contribution in [0.1, 0.15) is 12.0 Å². The van der Waals surface area contributed by atoms with E-state index in [2.05, 4.69) is 10.2 Å². The highest BCUT2D eigenvalue weighted by atomic mass is 32.2. The fourth-order valence-electron chi connectivity index (χ4n) is 2.91. The maximum atomic E-state index is 13.0. The van der Waals surface area contributed by atoms with Crippen LogP contribution in [0.4, 0.5) is 5.69 Å². The van der Waals surface area contributed by atoms with E-state index in [1.165, 1.54) is 9.47 Å². The van der Waals surface area contributed by atoms with E-state index in [9.17, 15) is 14.4 Å². The van der Waals surface area contributed by atoms with Crippen molar-refractivity contribution in [2.45, 2.75) is 18.1 Å². The molecule has 3 rings (SSSR count). The fourth-order valence-corrected chi connectivity index (χ4v) is 3.73. The predicted molar refractivity (Wildman–Crippen MR) is 118 cm³/mol. The Kier molecular flexibility index (Phi) is 7.50. The molecule has 9 nitrogen and oxygen atoms in total. The molecule has 0 fully saturated rings. The SMILES string of the molecule is COc1ccc(N(CCC(N)=O)C(=O)CSc2n[nH]c(=O)n2Cc2ccccc2)cc1. The van der Waals surface area contributed by atoms with Crippen molar-refractivity contribution in [2.24, 2.45) is 5.73 Å². The molecular formula is C21H23N5O4S. The third-order valence-corrected chi connectivity index (χ3v) is 5.46. The van der Waals surface area contributed by atoms with Gasteiger partial charge in [0.25, 0.3) is 0 Å². The first-order valence-corrected chi connectivity index (χ1v) is 10.5. The number of rotatable bonds is 10. The molecule has 3 aromatic rings. The molecule has 0 atom stereocenters. The second-order valence-electron chi connectivity index (χ2n) is 6.63. The molecule has 1 heterocycles. The summed E-state index contributed by atoms with van der Waals surface area (Å²) in [5, 5.41) is 6.88. The monoisotopic (exact) mass is 441 g/mol. The first-order chi connectivity index (χ1) is 15.0. The molecule has 0 radical (unpaired) electrons. The molecule has 10 heteroatoms. The Bertz CT molecular complexity index is 1080. The summed E-state index contributed by atoms with van der Waals surface area (Å²) >= 11 is 1.15. The van der Waals surface area contributed by atoms with Gasteiger partial charge in [0.1, 0.15) is 5.75 Å². The van der Waals surface area contributed by atoms with Crippen LogP contribution < -0.4 is 21.1 Å². The number of hydrogen-bond acceptors (Lipinski definition) is 6. The number of primary amides is 1. The van der Waals surface area contributed by atoms with Crippen molar-refractivity contribution in [2.75, 3.05) is 24.3 Å². The van der Waals surface area contributed by atoms with E-state index in [1.807, 2.05) is 30.3 Å². The van der Waals surface area contributed by atoms with E-state index in [1.54, 1.807) is 31.4 Å². The predicted octanol–water partition coefficient (Wildman–Crippen LogP) is 1.63. The van der Waals surface area contributed by atoms with E-state index < -0.39 is 5.91 Å². The van der Waals surface area contributed by atoms with Gasteiger partial charge in [0.15, 0.2) is 5.16 Å². The Morgan fingerprint density at radius 3 is 2.52 bits per heavy atom. The number of anilines is 1. The van der Waals surface area contributed by atoms with E-state index in [0.717, 1.165) is 17.3 Å². The first kappa shape index (κ1) is 22.2.